The maximum atomic E-state index is 2.54. The molecule has 0 atom stereocenters. The number of nitrogens with zero attached hydrogens (tertiary/aromatic N) is 1. The lowest BCUT2D eigenvalue weighted by atomic mass is 9.86. The Labute approximate surface area is 191 Å². The highest BCUT2D eigenvalue weighted by molar-refractivity contribution is 6.38. The van der Waals surface area contributed by atoms with Crippen LogP contribution in [0.4, 0.5) is 0 Å². The van der Waals surface area contributed by atoms with Gasteiger partial charge in [0.1, 0.15) is 0 Å². The molecule has 0 spiro atoms. The molecule has 8 aromatic rings. The average Bonchev–Trinajstić information content (AvgIpc) is 3.46. The fourth-order valence-electron chi connectivity index (χ4n) is 6.20. The van der Waals surface area contributed by atoms with Gasteiger partial charge in [-0.1, -0.05) is 87.5 Å². The lowest BCUT2D eigenvalue weighted by Crippen LogP contribution is -2.10. The molecule has 0 N–H and O–H groups in total. The number of rotatable bonds is 1. The van der Waals surface area contributed by atoms with Crippen molar-refractivity contribution < 1.29 is 0 Å². The predicted molar refractivity (Wildman–Crippen MR) is 143 cm³/mol. The molecule has 3 heterocycles. The minimum Gasteiger partial charge on any atom is -0.307 e. The number of hydrogen-bond acceptors (Lipinski definition) is 0. The highest BCUT2D eigenvalue weighted by Gasteiger charge is 2.26. The van der Waals surface area contributed by atoms with Crippen LogP contribution in [0.2, 0.25) is 0 Å². The molecule has 0 amide bonds. The molecule has 0 bridgehead atoms. The van der Waals surface area contributed by atoms with Crippen LogP contribution >= 0.6 is 0 Å². The summed E-state index contributed by atoms with van der Waals surface area (Å²) < 4.78 is 2.54. The Morgan fingerprint density at radius 1 is 0.515 bits per heavy atom. The molecule has 0 saturated carbocycles. The summed E-state index contributed by atoms with van der Waals surface area (Å²) in [4.78, 5) is 0. The van der Waals surface area contributed by atoms with E-state index in [-0.39, 0.29) is 5.41 Å². The lowest BCUT2D eigenvalue weighted by molar-refractivity contribution is 0.590. The van der Waals surface area contributed by atoms with Crippen LogP contribution in [0.1, 0.15) is 26.3 Å². The van der Waals surface area contributed by atoms with Crippen LogP contribution in [0.5, 0.6) is 0 Å². The third kappa shape index (κ3) is 2.04. The van der Waals surface area contributed by atoms with Crippen molar-refractivity contribution >= 4 is 59.6 Å². The zero-order valence-corrected chi connectivity index (χ0v) is 19.0. The van der Waals surface area contributed by atoms with E-state index in [1.165, 1.54) is 76.3 Å². The third-order valence-electron chi connectivity index (χ3n) is 7.77. The SMILES string of the molecule is CC(C)(C)c1ccc(-c2cc3c4cccc5c6cc7ccccc7c7c(c2)c3n(c45)c67)cc1. The van der Waals surface area contributed by atoms with Gasteiger partial charge in [-0.15, -0.1) is 0 Å². The van der Waals surface area contributed by atoms with Crippen molar-refractivity contribution in [1.82, 2.24) is 4.40 Å². The van der Waals surface area contributed by atoms with E-state index in [9.17, 15) is 0 Å². The highest BCUT2D eigenvalue weighted by Crippen LogP contribution is 2.49. The average molecular weight is 422 g/mol. The highest BCUT2D eigenvalue weighted by atomic mass is 14.9. The van der Waals surface area contributed by atoms with Gasteiger partial charge in [0, 0.05) is 32.3 Å². The standard InChI is InChI=1S/C32H23N/c1-32(2,3)21-13-11-18(12-14-21)20-16-25-23-9-6-10-24-26-15-19-7-4-5-8-22(19)28-27(17-20)30(25)33(29(23)24)31(26)28/h4-17H,1-3H3. The van der Waals surface area contributed by atoms with E-state index in [0.29, 0.717) is 0 Å². The number of fused-ring (bicyclic) bond motifs is 5. The van der Waals surface area contributed by atoms with Gasteiger partial charge in [0.2, 0.25) is 0 Å². The van der Waals surface area contributed by atoms with Crippen LogP contribution in [0.15, 0.2) is 84.9 Å². The monoisotopic (exact) mass is 421 g/mol. The summed E-state index contributed by atoms with van der Waals surface area (Å²) in [5.74, 6) is 0. The van der Waals surface area contributed by atoms with Crippen molar-refractivity contribution in [3.05, 3.63) is 90.5 Å². The Kier molecular flexibility index (Phi) is 2.98. The van der Waals surface area contributed by atoms with Gasteiger partial charge in [0.25, 0.3) is 0 Å². The minimum absolute atomic E-state index is 0.160. The molecular weight excluding hydrogens is 398 g/mol. The summed E-state index contributed by atoms with van der Waals surface area (Å²) >= 11 is 0. The van der Waals surface area contributed by atoms with Gasteiger partial charge in [0.15, 0.2) is 0 Å². The number of aromatic nitrogens is 1. The van der Waals surface area contributed by atoms with E-state index in [4.69, 9.17) is 0 Å². The van der Waals surface area contributed by atoms with Crippen LogP contribution in [0.25, 0.3) is 70.8 Å². The Balaban J connectivity index is 1.57. The van der Waals surface area contributed by atoms with Crippen LogP contribution in [0.3, 0.4) is 0 Å². The van der Waals surface area contributed by atoms with Gasteiger partial charge in [0.05, 0.1) is 16.6 Å². The van der Waals surface area contributed by atoms with Crippen LogP contribution in [-0.2, 0) is 5.41 Å². The molecule has 5 aromatic carbocycles. The van der Waals surface area contributed by atoms with Crippen molar-refractivity contribution in [1.29, 1.82) is 0 Å². The molecule has 0 unspecified atom stereocenters. The summed E-state index contributed by atoms with van der Waals surface area (Å²) in [5, 5.41) is 10.9. The first-order valence-electron chi connectivity index (χ1n) is 11.8. The van der Waals surface area contributed by atoms with E-state index in [2.05, 4.69) is 110 Å². The van der Waals surface area contributed by atoms with Gasteiger partial charge in [-0.3, -0.25) is 0 Å². The van der Waals surface area contributed by atoms with E-state index in [1.54, 1.807) is 0 Å². The Bertz CT molecular complexity index is 1980. The van der Waals surface area contributed by atoms with Crippen LogP contribution in [0, 0.1) is 0 Å². The van der Waals surface area contributed by atoms with Crippen LogP contribution in [-0.4, -0.2) is 4.40 Å². The molecule has 1 nitrogen and oxygen atoms in total. The molecule has 8 rings (SSSR count). The molecule has 0 fully saturated rings. The normalized spacial score (nSPS) is 13.3. The topological polar surface area (TPSA) is 4.41 Å². The fourth-order valence-corrected chi connectivity index (χ4v) is 6.20. The molecule has 156 valence electrons. The van der Waals surface area contributed by atoms with Crippen molar-refractivity contribution in [2.75, 3.05) is 0 Å². The molecule has 0 saturated heterocycles. The van der Waals surface area contributed by atoms with Crippen molar-refractivity contribution in [3.8, 4) is 11.1 Å². The Morgan fingerprint density at radius 2 is 1.15 bits per heavy atom. The minimum atomic E-state index is 0.160. The molecule has 33 heavy (non-hydrogen) atoms. The Hall–Kier alpha value is -3.84. The molecule has 3 aromatic heterocycles. The number of benzene rings is 5. The van der Waals surface area contributed by atoms with E-state index in [0.717, 1.165) is 0 Å². The fraction of sp³-hybridized carbons (Fsp3) is 0.125. The van der Waals surface area contributed by atoms with Crippen molar-refractivity contribution in [2.45, 2.75) is 26.2 Å². The summed E-state index contributed by atoms with van der Waals surface area (Å²) in [7, 11) is 0. The summed E-state index contributed by atoms with van der Waals surface area (Å²) in [6.07, 6.45) is 0. The molecule has 0 aliphatic heterocycles. The molecule has 0 radical (unpaired) electrons. The van der Waals surface area contributed by atoms with Crippen molar-refractivity contribution in [2.24, 2.45) is 0 Å². The molecule has 0 aliphatic carbocycles. The summed E-state index contributed by atoms with van der Waals surface area (Å²) in [6.45, 7) is 6.82. The second-order valence-electron chi connectivity index (χ2n) is 10.7. The van der Waals surface area contributed by atoms with Gasteiger partial charge in [-0.2, -0.15) is 0 Å². The molecule has 1 heteroatoms. The molecule has 0 aliphatic rings. The van der Waals surface area contributed by atoms with Gasteiger partial charge >= 0.3 is 0 Å². The van der Waals surface area contributed by atoms with Crippen molar-refractivity contribution in [3.63, 3.8) is 0 Å². The Morgan fingerprint density at radius 3 is 1.91 bits per heavy atom. The summed E-state index contributed by atoms with van der Waals surface area (Å²) in [5.41, 5.74) is 8.24. The second-order valence-corrected chi connectivity index (χ2v) is 10.7. The van der Waals surface area contributed by atoms with E-state index in [1.807, 2.05) is 0 Å². The second kappa shape index (κ2) is 5.55. The zero-order chi connectivity index (χ0) is 22.1. The quantitative estimate of drug-likeness (QED) is 0.249. The first-order chi connectivity index (χ1) is 16.0. The number of para-hydroxylation sites is 1. The maximum Gasteiger partial charge on any atom is 0.0627 e. The maximum absolute atomic E-state index is 2.54. The van der Waals surface area contributed by atoms with Gasteiger partial charge in [-0.05, 0) is 51.1 Å². The van der Waals surface area contributed by atoms with E-state index >= 15 is 0 Å². The molecular formula is C32H23N. The zero-order valence-electron chi connectivity index (χ0n) is 19.0. The van der Waals surface area contributed by atoms with Crippen LogP contribution < -0.4 is 0 Å². The van der Waals surface area contributed by atoms with E-state index < -0.39 is 0 Å². The summed E-state index contributed by atoms with van der Waals surface area (Å²) in [6, 6.07) is 32.1. The van der Waals surface area contributed by atoms with Gasteiger partial charge < -0.3 is 4.40 Å². The number of hydrogen-bond donors (Lipinski definition) is 0. The lowest BCUT2D eigenvalue weighted by Gasteiger charge is -2.19. The smallest absolute Gasteiger partial charge is 0.0627 e. The first kappa shape index (κ1) is 17.7. The van der Waals surface area contributed by atoms with Gasteiger partial charge in [-0.25, -0.2) is 0 Å². The third-order valence-corrected chi connectivity index (χ3v) is 7.77. The largest absolute Gasteiger partial charge is 0.307 e. The first-order valence-corrected chi connectivity index (χ1v) is 11.8. The predicted octanol–water partition coefficient (Wildman–Crippen LogP) is 8.98.